The van der Waals surface area contributed by atoms with Gasteiger partial charge in [-0.2, -0.15) is 4.39 Å². The zero-order valence-electron chi connectivity index (χ0n) is 16.2. The normalized spacial score (nSPS) is 12.5. The molecular weight excluding hydrogens is 399 g/mol. The van der Waals surface area contributed by atoms with Crippen molar-refractivity contribution in [3.8, 4) is 0 Å². The molecule has 29 heavy (non-hydrogen) atoms. The summed E-state index contributed by atoms with van der Waals surface area (Å²) in [4.78, 5) is 22.2. The van der Waals surface area contributed by atoms with E-state index in [1.165, 1.54) is 20.3 Å². The number of methoxy groups -OCH3 is 1. The first-order valence-electron chi connectivity index (χ1n) is 8.53. The fraction of sp³-hybridized carbons (Fsp3) is 0.190. The minimum absolute atomic E-state index is 0.0255. The number of benzene rings is 2. The average molecular weight is 419 g/mol. The third kappa shape index (κ3) is 6.43. The monoisotopic (exact) mass is 418 g/mol. The summed E-state index contributed by atoms with van der Waals surface area (Å²) in [6, 6.07) is 14.1. The summed E-state index contributed by atoms with van der Waals surface area (Å²) in [5, 5.41) is 7.05. The Bertz CT molecular complexity index is 953. The molecule has 2 rings (SSSR count). The molecule has 2 aromatic rings. The summed E-state index contributed by atoms with van der Waals surface area (Å²) in [6.45, 7) is 1.85. The second-order valence-corrected chi connectivity index (χ2v) is 6.14. The summed E-state index contributed by atoms with van der Waals surface area (Å²) >= 11 is 5.28. The number of oxime groups is 2. The number of rotatable bonds is 8. The van der Waals surface area contributed by atoms with Crippen molar-refractivity contribution < 1.29 is 23.6 Å². The van der Waals surface area contributed by atoms with Gasteiger partial charge in [0.1, 0.15) is 13.7 Å². The van der Waals surface area contributed by atoms with Crippen LogP contribution in [0.2, 0.25) is 0 Å². The standard InChI is InChI=1S/C21H20ClFN2O4/c1-14(16-9-6-7-15(11-16)12-19(22)23)24-29-13-17-8-4-5-10-18(17)20(25-28-3)21(26)27-2/h4-12H,13H2,1-3H3. The third-order valence-corrected chi connectivity index (χ3v) is 3.94. The van der Waals surface area contributed by atoms with Gasteiger partial charge in [0, 0.05) is 11.1 Å². The van der Waals surface area contributed by atoms with Crippen LogP contribution in [-0.2, 0) is 25.8 Å². The highest BCUT2D eigenvalue weighted by Crippen LogP contribution is 2.15. The Kier molecular flexibility index (Phi) is 8.36. The molecule has 0 aliphatic heterocycles. The van der Waals surface area contributed by atoms with E-state index >= 15 is 0 Å². The average Bonchev–Trinajstić information content (AvgIpc) is 2.71. The molecule has 0 atom stereocenters. The van der Waals surface area contributed by atoms with Gasteiger partial charge in [0.25, 0.3) is 0 Å². The minimum atomic E-state index is -0.802. The van der Waals surface area contributed by atoms with Gasteiger partial charge in [-0.3, -0.25) is 0 Å². The predicted molar refractivity (Wildman–Crippen MR) is 110 cm³/mol. The van der Waals surface area contributed by atoms with E-state index in [4.69, 9.17) is 26.0 Å². The van der Waals surface area contributed by atoms with Gasteiger partial charge in [0.05, 0.1) is 12.8 Å². The smallest absolute Gasteiger partial charge is 0.360 e. The van der Waals surface area contributed by atoms with Crippen molar-refractivity contribution in [2.24, 2.45) is 10.3 Å². The summed E-state index contributed by atoms with van der Waals surface area (Å²) in [5.74, 6) is -0.629. The molecular formula is C21H20ClFN2O4. The van der Waals surface area contributed by atoms with Crippen molar-refractivity contribution in [3.05, 3.63) is 76.1 Å². The van der Waals surface area contributed by atoms with E-state index in [0.29, 0.717) is 22.4 Å². The van der Waals surface area contributed by atoms with Crippen LogP contribution >= 0.6 is 11.6 Å². The lowest BCUT2D eigenvalue weighted by Crippen LogP contribution is -2.19. The Morgan fingerprint density at radius 1 is 1.14 bits per heavy atom. The topological polar surface area (TPSA) is 69.5 Å². The molecule has 0 aliphatic rings. The zero-order valence-corrected chi connectivity index (χ0v) is 16.9. The first-order chi connectivity index (χ1) is 14.0. The van der Waals surface area contributed by atoms with Gasteiger partial charge in [-0.25, -0.2) is 4.79 Å². The Morgan fingerprint density at radius 3 is 2.59 bits per heavy atom. The van der Waals surface area contributed by atoms with Crippen LogP contribution in [0.25, 0.3) is 6.08 Å². The number of esters is 1. The summed E-state index contributed by atoms with van der Waals surface area (Å²) in [7, 11) is 2.61. The number of carbonyl (C=O) groups excluding carboxylic acids is 1. The van der Waals surface area contributed by atoms with E-state index < -0.39 is 11.3 Å². The van der Waals surface area contributed by atoms with Crippen LogP contribution in [0.5, 0.6) is 0 Å². The third-order valence-electron chi connectivity index (χ3n) is 3.84. The molecule has 8 heteroatoms. The van der Waals surface area contributed by atoms with Crippen molar-refractivity contribution in [2.75, 3.05) is 14.2 Å². The Labute approximate surface area is 173 Å². The van der Waals surface area contributed by atoms with Crippen molar-refractivity contribution in [2.45, 2.75) is 13.5 Å². The number of hydrogen-bond acceptors (Lipinski definition) is 6. The summed E-state index contributed by atoms with van der Waals surface area (Å²) in [6.07, 6.45) is 1.21. The van der Waals surface area contributed by atoms with Crippen LogP contribution in [-0.4, -0.2) is 31.6 Å². The number of halogens is 2. The second kappa shape index (κ2) is 11.0. The number of hydrogen-bond donors (Lipinski definition) is 0. The van der Waals surface area contributed by atoms with Gasteiger partial charge in [-0.05, 0) is 30.2 Å². The maximum Gasteiger partial charge on any atom is 0.360 e. The van der Waals surface area contributed by atoms with E-state index in [2.05, 4.69) is 10.3 Å². The molecule has 0 radical (unpaired) electrons. The molecule has 0 unspecified atom stereocenters. The van der Waals surface area contributed by atoms with Gasteiger partial charge < -0.3 is 14.4 Å². The molecule has 2 aromatic carbocycles. The largest absolute Gasteiger partial charge is 0.464 e. The quantitative estimate of drug-likeness (QED) is 0.355. The zero-order chi connectivity index (χ0) is 21.2. The molecule has 6 nitrogen and oxygen atoms in total. The highest BCUT2D eigenvalue weighted by molar-refractivity contribution is 6.43. The van der Waals surface area contributed by atoms with Crippen LogP contribution in [0, 0.1) is 0 Å². The predicted octanol–water partition coefficient (Wildman–Crippen LogP) is 4.66. The van der Waals surface area contributed by atoms with Crippen molar-refractivity contribution in [1.29, 1.82) is 0 Å². The van der Waals surface area contributed by atoms with Gasteiger partial charge in [0.15, 0.2) is 11.0 Å². The molecule has 0 saturated heterocycles. The molecule has 0 heterocycles. The van der Waals surface area contributed by atoms with Crippen LogP contribution in [0.15, 0.2) is 64.1 Å². The molecule has 0 bridgehead atoms. The van der Waals surface area contributed by atoms with Crippen LogP contribution in [0.4, 0.5) is 4.39 Å². The maximum atomic E-state index is 12.9. The van der Waals surface area contributed by atoms with E-state index in [1.54, 1.807) is 49.4 Å². The molecule has 0 saturated carbocycles. The molecule has 152 valence electrons. The van der Waals surface area contributed by atoms with Crippen molar-refractivity contribution >= 4 is 35.1 Å². The van der Waals surface area contributed by atoms with E-state index in [9.17, 15) is 9.18 Å². The fourth-order valence-electron chi connectivity index (χ4n) is 2.49. The highest BCUT2D eigenvalue weighted by atomic mass is 35.5. The van der Waals surface area contributed by atoms with Crippen molar-refractivity contribution in [1.82, 2.24) is 0 Å². The lowest BCUT2D eigenvalue weighted by molar-refractivity contribution is -0.132. The lowest BCUT2D eigenvalue weighted by Gasteiger charge is -2.10. The first kappa shape index (κ1) is 22.1. The van der Waals surface area contributed by atoms with Gasteiger partial charge in [-0.1, -0.05) is 64.4 Å². The maximum absolute atomic E-state index is 12.9. The number of nitrogens with zero attached hydrogens (tertiary/aromatic N) is 2. The van der Waals surface area contributed by atoms with Crippen LogP contribution in [0.3, 0.4) is 0 Å². The van der Waals surface area contributed by atoms with Gasteiger partial charge in [0.2, 0.25) is 0 Å². The Morgan fingerprint density at radius 2 is 1.90 bits per heavy atom. The minimum Gasteiger partial charge on any atom is -0.464 e. The Balaban J connectivity index is 2.19. The molecule has 0 N–H and O–H groups in total. The van der Waals surface area contributed by atoms with Crippen LogP contribution < -0.4 is 0 Å². The van der Waals surface area contributed by atoms with Gasteiger partial charge in [-0.15, -0.1) is 0 Å². The van der Waals surface area contributed by atoms with E-state index in [-0.39, 0.29) is 12.3 Å². The number of ether oxygens (including phenoxy) is 1. The molecule has 0 aromatic heterocycles. The first-order valence-corrected chi connectivity index (χ1v) is 8.91. The fourth-order valence-corrected chi connectivity index (χ4v) is 2.62. The molecule has 0 fully saturated rings. The van der Waals surface area contributed by atoms with Gasteiger partial charge >= 0.3 is 5.97 Å². The molecule has 0 spiro atoms. The van der Waals surface area contributed by atoms with Crippen LogP contribution in [0.1, 0.15) is 29.2 Å². The lowest BCUT2D eigenvalue weighted by atomic mass is 10.0. The van der Waals surface area contributed by atoms with E-state index in [1.807, 2.05) is 6.07 Å². The van der Waals surface area contributed by atoms with E-state index in [0.717, 1.165) is 5.56 Å². The SMILES string of the molecule is CON=C(C(=O)OC)c1ccccc1CON=C(C)c1cccc(C=C(F)Cl)c1. The number of carbonyl (C=O) groups is 1. The molecule has 0 aliphatic carbocycles. The van der Waals surface area contributed by atoms with Crippen molar-refractivity contribution in [3.63, 3.8) is 0 Å². The summed E-state index contributed by atoms with van der Waals surface area (Å²) in [5.41, 5.74) is 3.16. The molecule has 0 amide bonds. The summed E-state index contributed by atoms with van der Waals surface area (Å²) < 4.78 is 17.6. The highest BCUT2D eigenvalue weighted by Gasteiger charge is 2.19. The Hall–Kier alpha value is -3.19. The second-order valence-electron chi connectivity index (χ2n) is 5.78.